The van der Waals surface area contributed by atoms with Crippen molar-refractivity contribution < 1.29 is 17.6 Å². The Labute approximate surface area is 127 Å². The summed E-state index contributed by atoms with van der Waals surface area (Å²) in [6.45, 7) is 4.11. The maximum atomic E-state index is 13.4. The van der Waals surface area contributed by atoms with Crippen molar-refractivity contribution in [1.29, 1.82) is 0 Å². The molecule has 0 saturated carbocycles. The minimum absolute atomic E-state index is 0. The Balaban J connectivity index is 0.00000220. The fourth-order valence-corrected chi connectivity index (χ4v) is 2.62. The van der Waals surface area contributed by atoms with E-state index in [1.165, 1.54) is 18.2 Å². The average molecular weight is 327 g/mol. The molecule has 2 rings (SSSR count). The quantitative estimate of drug-likeness (QED) is 0.856. The van der Waals surface area contributed by atoms with E-state index in [1.807, 2.05) is 0 Å². The van der Waals surface area contributed by atoms with Gasteiger partial charge in [-0.1, -0.05) is 6.07 Å². The van der Waals surface area contributed by atoms with Crippen LogP contribution < -0.4 is 5.32 Å². The standard InChI is InChI=1S/C14H18F4N2.ClH/c1-10-2-3-11(15)8-12(10)13(9-14(16,17)18)20-6-4-19-5-7-20;/h2-3,8,13,19H,4-7,9H2,1H3;1H/t13-;/m1./s1. The van der Waals surface area contributed by atoms with Crippen LogP contribution >= 0.6 is 12.4 Å². The average Bonchev–Trinajstić information content (AvgIpc) is 2.39. The first-order valence-electron chi connectivity index (χ1n) is 6.64. The van der Waals surface area contributed by atoms with Crippen molar-refractivity contribution in [3.8, 4) is 0 Å². The van der Waals surface area contributed by atoms with E-state index in [2.05, 4.69) is 5.32 Å². The lowest BCUT2D eigenvalue weighted by molar-refractivity contribution is -0.148. The molecule has 1 aromatic carbocycles. The molecule has 0 amide bonds. The Kier molecular flexibility index (Phi) is 6.43. The molecule has 1 heterocycles. The molecule has 0 unspecified atom stereocenters. The van der Waals surface area contributed by atoms with Crippen LogP contribution in [0.3, 0.4) is 0 Å². The summed E-state index contributed by atoms with van der Waals surface area (Å²) in [5, 5.41) is 3.11. The number of nitrogens with one attached hydrogen (secondary N) is 1. The van der Waals surface area contributed by atoms with Crippen LogP contribution in [0.1, 0.15) is 23.6 Å². The van der Waals surface area contributed by atoms with Crippen LogP contribution in [0.2, 0.25) is 0 Å². The molecule has 7 heteroatoms. The van der Waals surface area contributed by atoms with E-state index in [1.54, 1.807) is 11.8 Å². The normalized spacial score (nSPS) is 18.1. The highest BCUT2D eigenvalue weighted by Crippen LogP contribution is 2.35. The molecule has 1 aliphatic rings. The molecule has 1 aromatic rings. The number of aryl methyl sites for hydroxylation is 1. The van der Waals surface area contributed by atoms with Gasteiger partial charge in [0.2, 0.25) is 0 Å². The Morgan fingerprint density at radius 3 is 2.43 bits per heavy atom. The van der Waals surface area contributed by atoms with E-state index in [9.17, 15) is 17.6 Å². The molecule has 0 radical (unpaired) electrons. The topological polar surface area (TPSA) is 15.3 Å². The summed E-state index contributed by atoms with van der Waals surface area (Å²) in [7, 11) is 0. The van der Waals surface area contributed by atoms with Gasteiger partial charge in [0.1, 0.15) is 5.82 Å². The highest BCUT2D eigenvalue weighted by molar-refractivity contribution is 5.85. The van der Waals surface area contributed by atoms with Gasteiger partial charge in [-0.2, -0.15) is 13.2 Å². The maximum Gasteiger partial charge on any atom is 0.390 e. The fourth-order valence-electron chi connectivity index (χ4n) is 2.62. The van der Waals surface area contributed by atoms with Gasteiger partial charge < -0.3 is 5.32 Å². The van der Waals surface area contributed by atoms with Crippen LogP contribution in [0.25, 0.3) is 0 Å². The van der Waals surface area contributed by atoms with Gasteiger partial charge in [0, 0.05) is 32.2 Å². The number of rotatable bonds is 3. The molecule has 0 aliphatic carbocycles. The van der Waals surface area contributed by atoms with Crippen LogP contribution in [-0.4, -0.2) is 37.3 Å². The minimum Gasteiger partial charge on any atom is -0.314 e. The van der Waals surface area contributed by atoms with Gasteiger partial charge in [-0.25, -0.2) is 4.39 Å². The zero-order valence-corrected chi connectivity index (χ0v) is 12.5. The van der Waals surface area contributed by atoms with Crippen LogP contribution in [0.5, 0.6) is 0 Å². The molecule has 0 spiro atoms. The highest BCUT2D eigenvalue weighted by atomic mass is 35.5. The van der Waals surface area contributed by atoms with E-state index < -0.39 is 24.5 Å². The van der Waals surface area contributed by atoms with Gasteiger partial charge >= 0.3 is 6.18 Å². The first-order chi connectivity index (χ1) is 9.37. The zero-order valence-electron chi connectivity index (χ0n) is 11.7. The molecular formula is C14H19ClF4N2. The van der Waals surface area contributed by atoms with E-state index in [0.717, 1.165) is 0 Å². The van der Waals surface area contributed by atoms with Crippen molar-refractivity contribution in [3.05, 3.63) is 35.1 Å². The van der Waals surface area contributed by atoms with Crippen LogP contribution in [0.15, 0.2) is 18.2 Å². The van der Waals surface area contributed by atoms with Crippen LogP contribution in [-0.2, 0) is 0 Å². The Morgan fingerprint density at radius 1 is 1.24 bits per heavy atom. The van der Waals surface area contributed by atoms with Gasteiger partial charge in [-0.3, -0.25) is 4.90 Å². The third-order valence-corrected chi connectivity index (χ3v) is 3.62. The molecular weight excluding hydrogens is 308 g/mol. The van der Waals surface area contributed by atoms with Crippen LogP contribution in [0.4, 0.5) is 17.6 Å². The summed E-state index contributed by atoms with van der Waals surface area (Å²) in [6, 6.07) is 3.23. The summed E-state index contributed by atoms with van der Waals surface area (Å²) in [4.78, 5) is 1.78. The van der Waals surface area contributed by atoms with Crippen molar-refractivity contribution in [2.75, 3.05) is 26.2 Å². The third kappa shape index (κ3) is 5.13. The lowest BCUT2D eigenvalue weighted by atomic mass is 9.96. The number of piperazine rings is 1. The number of hydrogen-bond donors (Lipinski definition) is 1. The van der Waals surface area contributed by atoms with Gasteiger partial charge in [-0.15, -0.1) is 12.4 Å². The molecule has 120 valence electrons. The zero-order chi connectivity index (χ0) is 14.8. The number of alkyl halides is 3. The highest BCUT2D eigenvalue weighted by Gasteiger charge is 2.36. The molecule has 0 bridgehead atoms. The lowest BCUT2D eigenvalue weighted by Crippen LogP contribution is -2.46. The van der Waals surface area contributed by atoms with Crippen molar-refractivity contribution in [3.63, 3.8) is 0 Å². The van der Waals surface area contributed by atoms with E-state index in [0.29, 0.717) is 37.3 Å². The summed E-state index contributed by atoms with van der Waals surface area (Å²) in [5.74, 6) is -0.493. The maximum absolute atomic E-state index is 13.4. The molecule has 1 atom stereocenters. The SMILES string of the molecule is Cc1ccc(F)cc1[C@@H](CC(F)(F)F)N1CCNCC1.Cl. The van der Waals surface area contributed by atoms with Gasteiger partial charge in [0.15, 0.2) is 0 Å². The molecule has 1 N–H and O–H groups in total. The Bertz CT molecular complexity index is 459. The van der Waals surface area contributed by atoms with Crippen LogP contribution in [0, 0.1) is 12.7 Å². The summed E-state index contributed by atoms with van der Waals surface area (Å²) in [5.41, 5.74) is 1.13. The summed E-state index contributed by atoms with van der Waals surface area (Å²) >= 11 is 0. The van der Waals surface area contributed by atoms with E-state index >= 15 is 0 Å². The molecule has 2 nitrogen and oxygen atoms in total. The summed E-state index contributed by atoms with van der Waals surface area (Å²) < 4.78 is 51.9. The first-order valence-corrected chi connectivity index (χ1v) is 6.64. The first kappa shape index (κ1) is 18.2. The lowest BCUT2D eigenvalue weighted by Gasteiger charge is -2.36. The predicted molar refractivity (Wildman–Crippen MR) is 76.2 cm³/mol. The Hall–Kier alpha value is -0.850. The molecule has 0 aromatic heterocycles. The van der Waals surface area contributed by atoms with Crippen molar-refractivity contribution in [2.45, 2.75) is 25.6 Å². The van der Waals surface area contributed by atoms with E-state index in [-0.39, 0.29) is 12.4 Å². The van der Waals surface area contributed by atoms with Gasteiger partial charge in [-0.05, 0) is 30.2 Å². The van der Waals surface area contributed by atoms with E-state index in [4.69, 9.17) is 0 Å². The second kappa shape index (κ2) is 7.42. The number of hydrogen-bond acceptors (Lipinski definition) is 2. The van der Waals surface area contributed by atoms with Crippen molar-refractivity contribution in [1.82, 2.24) is 10.2 Å². The smallest absolute Gasteiger partial charge is 0.314 e. The number of nitrogens with zero attached hydrogens (tertiary/aromatic N) is 1. The molecule has 1 aliphatic heterocycles. The molecule has 1 saturated heterocycles. The monoisotopic (exact) mass is 326 g/mol. The minimum atomic E-state index is -4.27. The largest absolute Gasteiger partial charge is 0.390 e. The van der Waals surface area contributed by atoms with Crippen molar-refractivity contribution in [2.24, 2.45) is 0 Å². The molecule has 21 heavy (non-hydrogen) atoms. The van der Waals surface area contributed by atoms with Gasteiger partial charge in [0.25, 0.3) is 0 Å². The third-order valence-electron chi connectivity index (χ3n) is 3.62. The Morgan fingerprint density at radius 2 is 1.86 bits per heavy atom. The second-order valence-corrected chi connectivity index (χ2v) is 5.12. The predicted octanol–water partition coefficient (Wildman–Crippen LogP) is 3.45. The number of halogens is 5. The van der Waals surface area contributed by atoms with Crippen molar-refractivity contribution >= 4 is 12.4 Å². The second-order valence-electron chi connectivity index (χ2n) is 5.12. The molecule has 1 fully saturated rings. The summed E-state index contributed by atoms with van der Waals surface area (Å²) in [6.07, 6.45) is -5.22. The number of benzene rings is 1. The van der Waals surface area contributed by atoms with Gasteiger partial charge in [0.05, 0.1) is 6.42 Å². The fraction of sp³-hybridized carbons (Fsp3) is 0.571.